The molecule has 0 amide bonds. The van der Waals surface area contributed by atoms with Crippen LogP contribution in [0.15, 0.2) is 41.3 Å². The van der Waals surface area contributed by atoms with Crippen molar-refractivity contribution in [3.8, 4) is 0 Å². The molecule has 4 nitrogen and oxygen atoms in total. The number of aryl methyl sites for hydroxylation is 2. The molecule has 8 heteroatoms. The second-order valence-corrected chi connectivity index (χ2v) is 8.65. The van der Waals surface area contributed by atoms with Gasteiger partial charge in [0.2, 0.25) is 5.24 Å². The van der Waals surface area contributed by atoms with Crippen molar-refractivity contribution in [3.05, 3.63) is 57.6 Å². The van der Waals surface area contributed by atoms with Gasteiger partial charge in [-0.2, -0.15) is 0 Å². The quantitative estimate of drug-likeness (QED) is 0.642. The Kier molecular flexibility index (Phi) is 6.05. The van der Waals surface area contributed by atoms with Crippen LogP contribution in [0.4, 0.5) is 5.69 Å². The van der Waals surface area contributed by atoms with E-state index in [1.165, 1.54) is 25.1 Å². The maximum atomic E-state index is 13.3. The van der Waals surface area contributed by atoms with Gasteiger partial charge in [-0.05, 0) is 67.8 Å². The molecule has 25 heavy (non-hydrogen) atoms. The maximum Gasteiger partial charge on any atom is 0.266 e. The Bertz CT molecular complexity index is 929. The van der Waals surface area contributed by atoms with Gasteiger partial charge in [-0.3, -0.25) is 9.10 Å². The molecule has 134 valence electrons. The Morgan fingerprint density at radius 3 is 2.32 bits per heavy atom. The summed E-state index contributed by atoms with van der Waals surface area (Å²) in [6, 6.07) is 8.32. The van der Waals surface area contributed by atoms with Gasteiger partial charge in [0.05, 0.1) is 10.7 Å². The van der Waals surface area contributed by atoms with Crippen molar-refractivity contribution >= 4 is 55.8 Å². The molecule has 2 rings (SSSR count). The number of rotatable bonds is 5. The fraction of sp³-hybridized carbons (Fsp3) is 0.235. The van der Waals surface area contributed by atoms with Crippen LogP contribution in [0.5, 0.6) is 0 Å². The van der Waals surface area contributed by atoms with Gasteiger partial charge >= 0.3 is 0 Å². The van der Waals surface area contributed by atoms with Crippen molar-refractivity contribution in [2.24, 2.45) is 0 Å². The molecule has 0 heterocycles. The predicted octanol–water partition coefficient (Wildman–Crippen LogP) is 4.96. The Morgan fingerprint density at radius 2 is 1.72 bits per heavy atom. The van der Waals surface area contributed by atoms with E-state index in [0.717, 1.165) is 9.87 Å². The summed E-state index contributed by atoms with van der Waals surface area (Å²) in [4.78, 5) is 11.6. The molecular formula is C17H16Cl3NO3S. The van der Waals surface area contributed by atoms with E-state index in [4.69, 9.17) is 34.8 Å². The van der Waals surface area contributed by atoms with Gasteiger partial charge in [-0.15, -0.1) is 0 Å². The zero-order chi connectivity index (χ0) is 18.9. The third kappa shape index (κ3) is 4.11. The van der Waals surface area contributed by atoms with Crippen molar-refractivity contribution in [2.75, 3.05) is 4.31 Å². The van der Waals surface area contributed by atoms with Crippen LogP contribution in [0.2, 0.25) is 10.0 Å². The largest absolute Gasteiger partial charge is 0.279 e. The number of nitrogens with zero attached hydrogens (tertiary/aromatic N) is 1. The van der Waals surface area contributed by atoms with Crippen LogP contribution in [0.25, 0.3) is 0 Å². The Labute approximate surface area is 162 Å². The summed E-state index contributed by atoms with van der Waals surface area (Å²) in [5.41, 5.74) is 1.88. The number of carbonyl (C=O) groups is 1. The smallest absolute Gasteiger partial charge is 0.266 e. The molecule has 0 aliphatic rings. The van der Waals surface area contributed by atoms with Crippen LogP contribution in [0, 0.1) is 13.8 Å². The number of hydrogen-bond acceptors (Lipinski definition) is 3. The van der Waals surface area contributed by atoms with Gasteiger partial charge < -0.3 is 0 Å². The number of halogens is 3. The summed E-state index contributed by atoms with van der Waals surface area (Å²) in [5, 5.41) is -0.578. The number of hydrogen-bond donors (Lipinski definition) is 0. The summed E-state index contributed by atoms with van der Waals surface area (Å²) in [5.74, 6) is 0. The lowest BCUT2D eigenvalue weighted by atomic mass is 10.1. The minimum Gasteiger partial charge on any atom is -0.279 e. The van der Waals surface area contributed by atoms with Crippen LogP contribution < -0.4 is 4.31 Å². The van der Waals surface area contributed by atoms with E-state index in [1.807, 2.05) is 13.0 Å². The lowest BCUT2D eigenvalue weighted by Crippen LogP contribution is -2.42. The van der Waals surface area contributed by atoms with Gasteiger partial charge in [-0.1, -0.05) is 35.3 Å². The Hall–Kier alpha value is -1.27. The van der Waals surface area contributed by atoms with Gasteiger partial charge in [0, 0.05) is 5.02 Å². The zero-order valence-electron chi connectivity index (χ0n) is 13.8. The number of sulfonamides is 1. The molecule has 1 atom stereocenters. The molecule has 0 fully saturated rings. The molecule has 0 N–H and O–H groups in total. The Morgan fingerprint density at radius 1 is 1.08 bits per heavy atom. The number of anilines is 1. The predicted molar refractivity (Wildman–Crippen MR) is 102 cm³/mol. The molecule has 0 aliphatic carbocycles. The third-order valence-electron chi connectivity index (χ3n) is 3.71. The highest BCUT2D eigenvalue weighted by molar-refractivity contribution is 7.93. The first-order valence-corrected chi connectivity index (χ1v) is 9.89. The standard InChI is InChI=1S/C17H16Cl3NO3S/c1-10-4-5-11(2)15(8-10)21(12(3)17(20)22)25(23,24)16-9-13(18)6-7-14(16)19/h4-9,12H,1-3H3. The highest BCUT2D eigenvalue weighted by atomic mass is 35.5. The van der Waals surface area contributed by atoms with Crippen LogP contribution in [0.3, 0.4) is 0 Å². The van der Waals surface area contributed by atoms with Gasteiger partial charge in [0.15, 0.2) is 0 Å². The van der Waals surface area contributed by atoms with E-state index >= 15 is 0 Å². The molecular weight excluding hydrogens is 405 g/mol. The normalized spacial score (nSPS) is 12.7. The van der Waals surface area contributed by atoms with E-state index in [1.54, 1.807) is 19.1 Å². The summed E-state index contributed by atoms with van der Waals surface area (Å²) in [7, 11) is -4.18. The van der Waals surface area contributed by atoms with E-state index in [0.29, 0.717) is 11.3 Å². The first kappa shape index (κ1) is 20.0. The van der Waals surface area contributed by atoms with E-state index in [-0.39, 0.29) is 14.9 Å². The molecule has 0 saturated carbocycles. The van der Waals surface area contributed by atoms with Crippen molar-refractivity contribution < 1.29 is 13.2 Å². The SMILES string of the molecule is Cc1ccc(C)c(N(C(C)C(=O)Cl)S(=O)(=O)c2cc(Cl)ccc2Cl)c1. The molecule has 0 spiro atoms. The minimum atomic E-state index is -4.18. The highest BCUT2D eigenvalue weighted by Crippen LogP contribution is 2.34. The first-order valence-electron chi connectivity index (χ1n) is 7.32. The third-order valence-corrected chi connectivity index (χ3v) is 6.63. The number of carbonyl (C=O) groups excluding carboxylic acids is 1. The molecule has 0 aromatic heterocycles. The van der Waals surface area contributed by atoms with Gasteiger partial charge in [0.25, 0.3) is 10.0 Å². The maximum absolute atomic E-state index is 13.3. The first-order chi connectivity index (χ1) is 11.6. The summed E-state index contributed by atoms with van der Waals surface area (Å²) >= 11 is 17.6. The van der Waals surface area contributed by atoms with Crippen LogP contribution >= 0.6 is 34.8 Å². The Balaban J connectivity index is 2.77. The van der Waals surface area contributed by atoms with Crippen molar-refractivity contribution in [3.63, 3.8) is 0 Å². The second kappa shape index (κ2) is 7.54. The summed E-state index contributed by atoms with van der Waals surface area (Å²) < 4.78 is 27.6. The van der Waals surface area contributed by atoms with E-state index in [9.17, 15) is 13.2 Å². The fourth-order valence-electron chi connectivity index (χ4n) is 2.38. The molecule has 0 aliphatic heterocycles. The average molecular weight is 421 g/mol. The van der Waals surface area contributed by atoms with E-state index < -0.39 is 21.3 Å². The van der Waals surface area contributed by atoms with Crippen LogP contribution in [0.1, 0.15) is 18.1 Å². The molecule has 1 unspecified atom stereocenters. The molecule has 0 radical (unpaired) electrons. The van der Waals surface area contributed by atoms with Gasteiger partial charge in [-0.25, -0.2) is 8.42 Å². The van der Waals surface area contributed by atoms with Crippen molar-refractivity contribution in [1.29, 1.82) is 0 Å². The summed E-state index contributed by atoms with van der Waals surface area (Å²) in [6.45, 7) is 5.00. The van der Waals surface area contributed by atoms with Crippen molar-refractivity contribution in [2.45, 2.75) is 31.7 Å². The minimum absolute atomic E-state index is 0.00827. The van der Waals surface area contributed by atoms with E-state index in [2.05, 4.69) is 0 Å². The molecule has 0 bridgehead atoms. The molecule has 0 saturated heterocycles. The lowest BCUT2D eigenvalue weighted by molar-refractivity contribution is -0.112. The topological polar surface area (TPSA) is 54.5 Å². The lowest BCUT2D eigenvalue weighted by Gasteiger charge is -2.30. The summed E-state index contributed by atoms with van der Waals surface area (Å²) in [6.07, 6.45) is 0. The zero-order valence-corrected chi connectivity index (χ0v) is 16.8. The second-order valence-electron chi connectivity index (χ2n) is 5.65. The highest BCUT2D eigenvalue weighted by Gasteiger charge is 2.35. The average Bonchev–Trinajstić information content (AvgIpc) is 2.52. The van der Waals surface area contributed by atoms with Crippen molar-refractivity contribution in [1.82, 2.24) is 0 Å². The molecule has 2 aromatic carbocycles. The van der Waals surface area contributed by atoms with Gasteiger partial charge in [0.1, 0.15) is 10.9 Å². The monoisotopic (exact) mass is 419 g/mol. The fourth-order valence-corrected chi connectivity index (χ4v) is 4.95. The van der Waals surface area contributed by atoms with Crippen LogP contribution in [-0.2, 0) is 14.8 Å². The van der Waals surface area contributed by atoms with Crippen LogP contribution in [-0.4, -0.2) is 19.7 Å². The number of benzene rings is 2. The molecule has 2 aromatic rings.